The molecule has 2 N–H and O–H groups in total. The van der Waals surface area contributed by atoms with Gasteiger partial charge in [-0.1, -0.05) is 66.7 Å². The molecule has 1 aliphatic heterocycles. The summed E-state index contributed by atoms with van der Waals surface area (Å²) in [6, 6.07) is 31.1. The van der Waals surface area contributed by atoms with Crippen LogP contribution in [0.5, 0.6) is 11.5 Å². The van der Waals surface area contributed by atoms with Crippen LogP contribution in [0.1, 0.15) is 40.0 Å². The quantitative estimate of drug-likeness (QED) is 0.132. The summed E-state index contributed by atoms with van der Waals surface area (Å²) < 4.78 is 13.4. The van der Waals surface area contributed by atoms with E-state index in [1.54, 1.807) is 42.7 Å². The molecule has 0 fully saturated rings. The molecule has 51 heavy (non-hydrogen) atoms. The van der Waals surface area contributed by atoms with Gasteiger partial charge >= 0.3 is 0 Å². The van der Waals surface area contributed by atoms with Gasteiger partial charge in [-0.25, -0.2) is 0 Å². The number of aromatic nitrogens is 4. The number of halogens is 1. The molecule has 1 aliphatic rings. The highest BCUT2D eigenvalue weighted by Crippen LogP contribution is 2.36. The number of fused-ring (bicyclic) bond motifs is 1. The second-order valence-corrected chi connectivity index (χ2v) is 13.0. The van der Waals surface area contributed by atoms with Crippen LogP contribution in [0.15, 0.2) is 121 Å². The summed E-state index contributed by atoms with van der Waals surface area (Å²) in [6.07, 6.45) is 4.35. The van der Waals surface area contributed by atoms with Gasteiger partial charge in [-0.2, -0.15) is 0 Å². The summed E-state index contributed by atoms with van der Waals surface area (Å²) in [5.41, 5.74) is 5.49. The minimum atomic E-state index is -0.552. The summed E-state index contributed by atoms with van der Waals surface area (Å²) in [5.74, 6) is 1.49. The summed E-state index contributed by atoms with van der Waals surface area (Å²) in [5, 5.41) is 16.0. The summed E-state index contributed by atoms with van der Waals surface area (Å²) in [4.78, 5) is 30.8. The van der Waals surface area contributed by atoms with Crippen molar-refractivity contribution in [3.05, 3.63) is 143 Å². The minimum absolute atomic E-state index is 0.0960. The normalized spacial score (nSPS) is 12.6. The molecule has 1 atom stereocenters. The molecule has 6 aromatic rings. The van der Waals surface area contributed by atoms with Gasteiger partial charge in [0.25, 0.3) is 5.91 Å². The Balaban J connectivity index is 1.03. The van der Waals surface area contributed by atoms with Crippen molar-refractivity contribution in [1.29, 1.82) is 0 Å². The number of aryl methyl sites for hydroxylation is 1. The lowest BCUT2D eigenvalue weighted by molar-refractivity contribution is -0.113. The molecule has 10 nitrogen and oxygen atoms in total. The fraction of sp³-hybridized carbons (Fsp3) is 0.154. The van der Waals surface area contributed by atoms with Crippen molar-refractivity contribution in [1.82, 2.24) is 25.1 Å². The molecule has 0 saturated heterocycles. The number of nitrogens with one attached hydrogen (secondary N) is 2. The van der Waals surface area contributed by atoms with Gasteiger partial charge in [-0.3, -0.25) is 19.1 Å². The van der Waals surface area contributed by atoms with E-state index in [-0.39, 0.29) is 17.6 Å². The Morgan fingerprint density at radius 3 is 2.37 bits per heavy atom. The first-order valence-corrected chi connectivity index (χ1v) is 17.8. The van der Waals surface area contributed by atoms with E-state index in [4.69, 9.17) is 21.1 Å². The van der Waals surface area contributed by atoms with Gasteiger partial charge in [0.15, 0.2) is 22.5 Å². The number of rotatable bonds is 11. The number of anilines is 1. The van der Waals surface area contributed by atoms with Crippen molar-refractivity contribution in [2.24, 2.45) is 0 Å². The third-order valence-corrected chi connectivity index (χ3v) is 9.60. The lowest BCUT2D eigenvalue weighted by Gasteiger charge is -2.24. The van der Waals surface area contributed by atoms with Crippen molar-refractivity contribution in [2.45, 2.75) is 24.5 Å². The number of pyridine rings is 1. The van der Waals surface area contributed by atoms with Crippen molar-refractivity contribution in [3.63, 3.8) is 0 Å². The summed E-state index contributed by atoms with van der Waals surface area (Å²) in [7, 11) is 0. The summed E-state index contributed by atoms with van der Waals surface area (Å²) in [6.45, 7) is 3.04. The maximum absolute atomic E-state index is 13.6. The SMILES string of the molecule is CCc1ccc(-n2c(SCC(=O)Nc3ccc(C(=O)NC(c4ccc5c(c4)OCCO5)c4ccccc4Cl)cc3)nnc2-c2ccncc2)cc1. The molecule has 0 spiro atoms. The number of thioether (sulfide) groups is 1. The van der Waals surface area contributed by atoms with Crippen LogP contribution in [-0.2, 0) is 11.2 Å². The standard InChI is InChI=1S/C39H33ClN6O4S/c1-2-25-7-14-30(15-8-25)46-37(26-17-19-41-20-18-26)44-45-39(46)51-24-35(47)42-29-12-9-27(10-13-29)38(48)43-36(31-5-3-4-6-32(31)40)28-11-16-33-34(23-28)50-22-21-49-33/h3-20,23,36H,2,21-22,24H2,1H3,(H,42,47)(H,43,48). The highest BCUT2D eigenvalue weighted by atomic mass is 35.5. The van der Waals surface area contributed by atoms with E-state index in [0.717, 1.165) is 28.8 Å². The van der Waals surface area contributed by atoms with E-state index in [9.17, 15) is 9.59 Å². The monoisotopic (exact) mass is 716 g/mol. The number of carbonyl (C=O) groups is 2. The van der Waals surface area contributed by atoms with E-state index in [0.29, 0.717) is 52.0 Å². The van der Waals surface area contributed by atoms with Crippen LogP contribution in [0.2, 0.25) is 5.02 Å². The largest absolute Gasteiger partial charge is 0.486 e. The average Bonchev–Trinajstić information content (AvgIpc) is 3.61. The number of carbonyl (C=O) groups excluding carboxylic acids is 2. The van der Waals surface area contributed by atoms with E-state index in [1.807, 2.05) is 65.2 Å². The van der Waals surface area contributed by atoms with Crippen molar-refractivity contribution < 1.29 is 19.1 Å². The van der Waals surface area contributed by atoms with Gasteiger partial charge in [0.05, 0.1) is 11.8 Å². The number of nitrogens with zero attached hydrogens (tertiary/aromatic N) is 4. The van der Waals surface area contributed by atoms with Crippen LogP contribution >= 0.6 is 23.4 Å². The molecule has 4 aromatic carbocycles. The van der Waals surface area contributed by atoms with Crippen molar-refractivity contribution in [2.75, 3.05) is 24.3 Å². The molecule has 0 aliphatic carbocycles. The van der Waals surface area contributed by atoms with Crippen molar-refractivity contribution in [3.8, 4) is 28.6 Å². The van der Waals surface area contributed by atoms with Crippen LogP contribution in [0.25, 0.3) is 17.1 Å². The molecular weight excluding hydrogens is 684 g/mol. The van der Waals surface area contributed by atoms with Gasteiger partial charge < -0.3 is 20.1 Å². The van der Waals surface area contributed by atoms with Gasteiger partial charge in [-0.15, -0.1) is 10.2 Å². The zero-order valence-corrected chi connectivity index (χ0v) is 29.2. The first-order valence-electron chi connectivity index (χ1n) is 16.4. The van der Waals surface area contributed by atoms with Crippen LogP contribution in [-0.4, -0.2) is 50.5 Å². The first-order chi connectivity index (χ1) is 25.0. The lowest BCUT2D eigenvalue weighted by Crippen LogP contribution is -2.29. The minimum Gasteiger partial charge on any atom is -0.486 e. The maximum Gasteiger partial charge on any atom is 0.252 e. The van der Waals surface area contributed by atoms with Crippen LogP contribution in [0.3, 0.4) is 0 Å². The molecule has 0 radical (unpaired) electrons. The van der Waals surface area contributed by atoms with Crippen molar-refractivity contribution >= 4 is 40.9 Å². The third kappa shape index (κ3) is 7.74. The first kappa shape index (κ1) is 33.8. The Labute approximate surface area is 304 Å². The third-order valence-electron chi connectivity index (χ3n) is 8.33. The predicted molar refractivity (Wildman–Crippen MR) is 198 cm³/mol. The molecule has 7 rings (SSSR count). The number of ether oxygens (including phenoxy) is 2. The molecule has 3 heterocycles. The Morgan fingerprint density at radius 2 is 1.63 bits per heavy atom. The Hall–Kier alpha value is -5.65. The molecule has 2 amide bonds. The molecule has 256 valence electrons. The van der Waals surface area contributed by atoms with E-state index >= 15 is 0 Å². The fourth-order valence-electron chi connectivity index (χ4n) is 5.70. The lowest BCUT2D eigenvalue weighted by atomic mass is 9.97. The van der Waals surface area contributed by atoms with E-state index in [1.165, 1.54) is 17.3 Å². The second-order valence-electron chi connectivity index (χ2n) is 11.6. The number of amides is 2. The molecule has 1 unspecified atom stereocenters. The van der Waals surface area contributed by atoms with E-state index in [2.05, 4.69) is 44.9 Å². The zero-order valence-electron chi connectivity index (χ0n) is 27.6. The van der Waals surface area contributed by atoms with E-state index < -0.39 is 6.04 Å². The highest BCUT2D eigenvalue weighted by Gasteiger charge is 2.23. The number of benzene rings is 4. The number of hydrogen-bond donors (Lipinski definition) is 2. The van der Waals surface area contributed by atoms with Crippen LogP contribution < -0.4 is 20.1 Å². The summed E-state index contributed by atoms with van der Waals surface area (Å²) >= 11 is 7.88. The second kappa shape index (κ2) is 15.5. The Morgan fingerprint density at radius 1 is 0.882 bits per heavy atom. The topological polar surface area (TPSA) is 120 Å². The Kier molecular flexibility index (Phi) is 10.3. The van der Waals surface area contributed by atoms with Gasteiger partial charge in [-0.05, 0) is 89.8 Å². The van der Waals surface area contributed by atoms with Gasteiger partial charge in [0, 0.05) is 39.9 Å². The number of hydrogen-bond acceptors (Lipinski definition) is 8. The average molecular weight is 717 g/mol. The fourth-order valence-corrected chi connectivity index (χ4v) is 6.70. The smallest absolute Gasteiger partial charge is 0.252 e. The van der Waals surface area contributed by atoms with Crippen LogP contribution in [0.4, 0.5) is 5.69 Å². The maximum atomic E-state index is 13.6. The molecular formula is C39H33ClN6O4S. The molecule has 12 heteroatoms. The zero-order chi connectivity index (χ0) is 35.2. The van der Waals surface area contributed by atoms with Gasteiger partial charge in [0.2, 0.25) is 5.91 Å². The van der Waals surface area contributed by atoms with Gasteiger partial charge in [0.1, 0.15) is 13.2 Å². The molecule has 2 aromatic heterocycles. The Bertz CT molecular complexity index is 2160. The highest BCUT2D eigenvalue weighted by molar-refractivity contribution is 7.99. The molecule has 0 saturated carbocycles. The van der Waals surface area contributed by atoms with Crippen LogP contribution in [0, 0.1) is 0 Å². The predicted octanol–water partition coefficient (Wildman–Crippen LogP) is 7.57. The molecule has 0 bridgehead atoms.